The van der Waals surface area contributed by atoms with Crippen LogP contribution in [0.2, 0.25) is 0 Å². The molecule has 0 atom stereocenters. The smallest absolute Gasteiger partial charge is 0.186 e. The van der Waals surface area contributed by atoms with Crippen LogP contribution in [0, 0.1) is 0 Å². The molecule has 110 valence electrons. The molecule has 0 radical (unpaired) electrons. The highest BCUT2D eigenvalue weighted by Crippen LogP contribution is 2.28. The number of hydrogen-bond acceptors (Lipinski definition) is 4. The normalized spacial score (nSPS) is 10.3. The van der Waals surface area contributed by atoms with Crippen LogP contribution in [0.3, 0.4) is 0 Å². The molecular weight excluding hydrogens is 274 g/mol. The molecule has 0 saturated carbocycles. The maximum absolute atomic E-state index is 5.64. The van der Waals surface area contributed by atoms with Gasteiger partial charge < -0.3 is 14.8 Å². The molecule has 0 fully saturated rings. The summed E-state index contributed by atoms with van der Waals surface area (Å²) in [6, 6.07) is 5.70. The Bertz CT molecular complexity index is 464. The van der Waals surface area contributed by atoms with Gasteiger partial charge in [-0.05, 0) is 49.3 Å². The van der Waals surface area contributed by atoms with Crippen molar-refractivity contribution in [2.75, 3.05) is 20.3 Å². The number of nitrogens with one attached hydrogen (secondary N) is 2. The van der Waals surface area contributed by atoms with E-state index in [0.717, 1.165) is 23.5 Å². The molecule has 1 rings (SSSR count). The van der Waals surface area contributed by atoms with Crippen LogP contribution >= 0.6 is 12.2 Å². The summed E-state index contributed by atoms with van der Waals surface area (Å²) in [7, 11) is 1.73. The number of hydrazone groups is 1. The molecule has 0 spiro atoms. The molecule has 0 aliphatic rings. The molecule has 0 unspecified atom stereocenters. The van der Waals surface area contributed by atoms with E-state index in [1.165, 1.54) is 0 Å². The molecular formula is C14H21N3O2S. The standard InChI is InChI=1S/C14H21N3O2S/c1-4-8-19-12-7-6-11(9-13(12)18-5-2)10-16-17-14(20)15-3/h6-7,9-10H,4-5,8H2,1-3H3,(H2,15,17,20)/b16-10+. The number of benzene rings is 1. The van der Waals surface area contributed by atoms with Gasteiger partial charge in [0.15, 0.2) is 16.6 Å². The molecule has 0 heterocycles. The molecule has 20 heavy (non-hydrogen) atoms. The number of rotatable bonds is 7. The minimum absolute atomic E-state index is 0.467. The van der Waals surface area contributed by atoms with Crippen molar-refractivity contribution >= 4 is 23.5 Å². The van der Waals surface area contributed by atoms with E-state index in [9.17, 15) is 0 Å². The van der Waals surface area contributed by atoms with Crippen LogP contribution in [0.5, 0.6) is 11.5 Å². The van der Waals surface area contributed by atoms with E-state index in [4.69, 9.17) is 21.7 Å². The van der Waals surface area contributed by atoms with Gasteiger partial charge in [-0.15, -0.1) is 0 Å². The third-order valence-corrected chi connectivity index (χ3v) is 2.63. The maximum atomic E-state index is 5.64. The zero-order chi connectivity index (χ0) is 14.8. The lowest BCUT2D eigenvalue weighted by Crippen LogP contribution is -2.28. The molecule has 0 bridgehead atoms. The van der Waals surface area contributed by atoms with Crippen molar-refractivity contribution in [3.8, 4) is 11.5 Å². The van der Waals surface area contributed by atoms with Crippen LogP contribution in [0.15, 0.2) is 23.3 Å². The Labute approximate surface area is 125 Å². The van der Waals surface area contributed by atoms with Crippen LogP contribution in [0.25, 0.3) is 0 Å². The number of nitrogens with zero attached hydrogens (tertiary/aromatic N) is 1. The minimum Gasteiger partial charge on any atom is -0.490 e. The summed E-state index contributed by atoms with van der Waals surface area (Å²) in [5.74, 6) is 1.48. The van der Waals surface area contributed by atoms with Gasteiger partial charge in [-0.1, -0.05) is 6.92 Å². The first-order valence-electron chi connectivity index (χ1n) is 6.61. The van der Waals surface area contributed by atoms with Crippen LogP contribution in [0.4, 0.5) is 0 Å². The van der Waals surface area contributed by atoms with E-state index in [2.05, 4.69) is 22.8 Å². The molecule has 0 aliphatic heterocycles. The van der Waals surface area contributed by atoms with Crippen molar-refractivity contribution in [2.45, 2.75) is 20.3 Å². The van der Waals surface area contributed by atoms with Crippen LogP contribution in [0.1, 0.15) is 25.8 Å². The lowest BCUT2D eigenvalue weighted by Gasteiger charge is -2.11. The SMILES string of the molecule is CCCOc1ccc(/C=N/NC(=S)NC)cc1OCC. The zero-order valence-electron chi connectivity index (χ0n) is 12.1. The van der Waals surface area contributed by atoms with Crippen molar-refractivity contribution < 1.29 is 9.47 Å². The van der Waals surface area contributed by atoms with Gasteiger partial charge in [0.05, 0.1) is 19.4 Å². The van der Waals surface area contributed by atoms with Crippen molar-refractivity contribution in [3.05, 3.63) is 23.8 Å². The second kappa shape index (κ2) is 9.14. The van der Waals surface area contributed by atoms with E-state index in [0.29, 0.717) is 18.3 Å². The lowest BCUT2D eigenvalue weighted by molar-refractivity contribution is 0.277. The van der Waals surface area contributed by atoms with Gasteiger partial charge in [-0.25, -0.2) is 0 Å². The summed E-state index contributed by atoms with van der Waals surface area (Å²) in [5, 5.41) is 7.27. The van der Waals surface area contributed by atoms with Gasteiger partial charge in [-0.2, -0.15) is 5.10 Å². The molecule has 1 aromatic rings. The summed E-state index contributed by atoms with van der Waals surface area (Å²) >= 11 is 4.93. The highest BCUT2D eigenvalue weighted by atomic mass is 32.1. The summed E-state index contributed by atoms with van der Waals surface area (Å²) in [6.07, 6.45) is 2.63. The third-order valence-electron chi connectivity index (χ3n) is 2.34. The fourth-order valence-electron chi connectivity index (χ4n) is 1.43. The highest BCUT2D eigenvalue weighted by molar-refractivity contribution is 7.80. The topological polar surface area (TPSA) is 54.9 Å². The first-order valence-corrected chi connectivity index (χ1v) is 7.02. The van der Waals surface area contributed by atoms with Crippen LogP contribution in [-0.2, 0) is 0 Å². The maximum Gasteiger partial charge on any atom is 0.186 e. The van der Waals surface area contributed by atoms with E-state index in [1.54, 1.807) is 13.3 Å². The monoisotopic (exact) mass is 295 g/mol. The average molecular weight is 295 g/mol. The van der Waals surface area contributed by atoms with Crippen LogP contribution < -0.4 is 20.2 Å². The second-order valence-corrected chi connectivity index (χ2v) is 4.35. The zero-order valence-corrected chi connectivity index (χ0v) is 12.9. The predicted octanol–water partition coefficient (Wildman–Crippen LogP) is 2.30. The summed E-state index contributed by atoms with van der Waals surface area (Å²) in [6.45, 7) is 5.27. The first kappa shape index (κ1) is 16.2. The Balaban J connectivity index is 2.78. The third kappa shape index (κ3) is 5.44. The van der Waals surface area contributed by atoms with Gasteiger partial charge in [0, 0.05) is 7.05 Å². The average Bonchev–Trinajstić information content (AvgIpc) is 2.46. The van der Waals surface area contributed by atoms with Crippen molar-refractivity contribution in [3.63, 3.8) is 0 Å². The number of hydrogen-bond donors (Lipinski definition) is 2. The highest BCUT2D eigenvalue weighted by Gasteiger charge is 2.05. The Hall–Kier alpha value is -1.82. The first-order chi connectivity index (χ1) is 9.71. The van der Waals surface area contributed by atoms with E-state index in [1.807, 2.05) is 25.1 Å². The fourth-order valence-corrected chi connectivity index (χ4v) is 1.48. The van der Waals surface area contributed by atoms with Crippen molar-refractivity contribution in [2.24, 2.45) is 5.10 Å². The predicted molar refractivity (Wildman–Crippen MR) is 85.8 cm³/mol. The van der Waals surface area contributed by atoms with E-state index < -0.39 is 0 Å². The molecule has 0 saturated heterocycles. The Kier molecular flexibility index (Phi) is 7.42. The van der Waals surface area contributed by atoms with Crippen molar-refractivity contribution in [1.82, 2.24) is 10.7 Å². The summed E-state index contributed by atoms with van der Waals surface area (Å²) in [4.78, 5) is 0. The fraction of sp³-hybridized carbons (Fsp3) is 0.429. The molecule has 6 heteroatoms. The lowest BCUT2D eigenvalue weighted by atomic mass is 10.2. The molecule has 0 amide bonds. The van der Waals surface area contributed by atoms with Crippen LogP contribution in [-0.4, -0.2) is 31.6 Å². The van der Waals surface area contributed by atoms with Gasteiger partial charge in [0.25, 0.3) is 0 Å². The molecule has 2 N–H and O–H groups in total. The number of ether oxygens (including phenoxy) is 2. The summed E-state index contributed by atoms with van der Waals surface area (Å²) < 4.78 is 11.2. The van der Waals surface area contributed by atoms with E-state index >= 15 is 0 Å². The molecule has 1 aromatic carbocycles. The Morgan fingerprint density at radius 3 is 2.75 bits per heavy atom. The van der Waals surface area contributed by atoms with Gasteiger partial charge in [0.1, 0.15) is 0 Å². The van der Waals surface area contributed by atoms with Gasteiger partial charge in [0.2, 0.25) is 0 Å². The molecule has 0 aliphatic carbocycles. The largest absolute Gasteiger partial charge is 0.490 e. The van der Waals surface area contributed by atoms with E-state index in [-0.39, 0.29) is 0 Å². The molecule has 0 aromatic heterocycles. The quantitative estimate of drug-likeness (QED) is 0.459. The Morgan fingerprint density at radius 1 is 1.30 bits per heavy atom. The minimum atomic E-state index is 0.467. The number of thiocarbonyl (C=S) groups is 1. The second-order valence-electron chi connectivity index (χ2n) is 3.94. The van der Waals surface area contributed by atoms with Crippen molar-refractivity contribution in [1.29, 1.82) is 0 Å². The van der Waals surface area contributed by atoms with Gasteiger partial charge in [-0.3, -0.25) is 5.43 Å². The molecule has 5 nitrogen and oxygen atoms in total. The Morgan fingerprint density at radius 2 is 2.10 bits per heavy atom. The summed E-state index contributed by atoms with van der Waals surface area (Å²) in [5.41, 5.74) is 3.61. The van der Waals surface area contributed by atoms with Gasteiger partial charge >= 0.3 is 0 Å².